The van der Waals surface area contributed by atoms with E-state index in [2.05, 4.69) is 22.3 Å². The average molecular weight is 223 g/mol. The van der Waals surface area contributed by atoms with Crippen molar-refractivity contribution in [2.24, 2.45) is 5.41 Å². The predicted octanol–water partition coefficient (Wildman–Crippen LogP) is 2.14. The predicted molar refractivity (Wildman–Crippen MR) is 63.6 cm³/mol. The van der Waals surface area contributed by atoms with E-state index in [1.165, 1.54) is 38.3 Å². The number of benzene rings is 1. The number of nitrogens with zero attached hydrogens (tertiary/aromatic N) is 1. The first-order valence-corrected chi connectivity index (χ1v) is 5.87. The molecule has 2 aliphatic rings. The second-order valence-electron chi connectivity index (χ2n) is 4.76. The van der Waals surface area contributed by atoms with Gasteiger partial charge in [-0.2, -0.15) is 0 Å². The van der Waals surface area contributed by atoms with Crippen LogP contribution in [-0.4, -0.2) is 26.2 Å². The molecule has 0 unspecified atom stereocenters. The molecule has 15 heavy (non-hydrogen) atoms. The van der Waals surface area contributed by atoms with Gasteiger partial charge in [-0.15, -0.1) is 0 Å². The molecule has 2 fully saturated rings. The summed E-state index contributed by atoms with van der Waals surface area (Å²) >= 11 is 5.87. The van der Waals surface area contributed by atoms with Crippen molar-refractivity contribution in [1.82, 2.24) is 5.32 Å². The van der Waals surface area contributed by atoms with Crippen molar-refractivity contribution in [3.05, 3.63) is 29.3 Å². The van der Waals surface area contributed by atoms with Crippen molar-refractivity contribution in [3.63, 3.8) is 0 Å². The van der Waals surface area contributed by atoms with Gasteiger partial charge in [-0.3, -0.25) is 0 Å². The molecule has 1 spiro atoms. The molecule has 0 bridgehead atoms. The third kappa shape index (κ3) is 1.62. The Bertz CT molecular complexity index is 346. The number of nitrogens with one attached hydrogen (secondary N) is 1. The Balaban J connectivity index is 1.69. The molecule has 1 N–H and O–H groups in total. The number of hydrogen-bond donors (Lipinski definition) is 1. The van der Waals surface area contributed by atoms with Gasteiger partial charge in [-0.05, 0) is 37.2 Å². The first-order chi connectivity index (χ1) is 7.27. The maximum absolute atomic E-state index is 5.87. The Morgan fingerprint density at radius 2 is 1.93 bits per heavy atom. The summed E-state index contributed by atoms with van der Waals surface area (Å²) in [7, 11) is 0. The molecule has 3 rings (SSSR count). The van der Waals surface area contributed by atoms with E-state index in [4.69, 9.17) is 11.6 Å². The molecule has 1 aromatic carbocycles. The lowest BCUT2D eigenvalue weighted by Crippen LogP contribution is -2.57. The topological polar surface area (TPSA) is 15.3 Å². The molecule has 0 atom stereocenters. The molecule has 0 radical (unpaired) electrons. The van der Waals surface area contributed by atoms with Crippen LogP contribution in [0.1, 0.15) is 6.42 Å². The van der Waals surface area contributed by atoms with Crippen molar-refractivity contribution in [2.75, 3.05) is 31.1 Å². The first-order valence-electron chi connectivity index (χ1n) is 5.49. The minimum atomic E-state index is 0.569. The number of rotatable bonds is 1. The molecule has 2 saturated heterocycles. The summed E-state index contributed by atoms with van der Waals surface area (Å²) in [4.78, 5) is 2.43. The van der Waals surface area contributed by atoms with E-state index >= 15 is 0 Å². The molecule has 1 aromatic rings. The van der Waals surface area contributed by atoms with Crippen molar-refractivity contribution in [3.8, 4) is 0 Å². The van der Waals surface area contributed by atoms with Crippen LogP contribution in [0.5, 0.6) is 0 Å². The molecule has 0 aliphatic carbocycles. The Kier molecular flexibility index (Phi) is 2.15. The number of hydrogen-bond acceptors (Lipinski definition) is 2. The van der Waals surface area contributed by atoms with Gasteiger partial charge in [0.05, 0.1) is 0 Å². The van der Waals surface area contributed by atoms with Crippen LogP contribution in [0.4, 0.5) is 5.69 Å². The second kappa shape index (κ2) is 3.39. The van der Waals surface area contributed by atoms with Gasteiger partial charge in [0.25, 0.3) is 0 Å². The van der Waals surface area contributed by atoms with E-state index in [0.29, 0.717) is 5.41 Å². The Morgan fingerprint density at radius 1 is 1.20 bits per heavy atom. The molecule has 2 aliphatic heterocycles. The third-order valence-corrected chi connectivity index (χ3v) is 3.83. The number of halogens is 1. The lowest BCUT2D eigenvalue weighted by Gasteiger charge is -2.49. The van der Waals surface area contributed by atoms with E-state index in [0.717, 1.165) is 5.02 Å². The zero-order valence-corrected chi connectivity index (χ0v) is 9.43. The molecular weight excluding hydrogens is 208 g/mol. The van der Waals surface area contributed by atoms with Gasteiger partial charge < -0.3 is 10.2 Å². The fourth-order valence-corrected chi connectivity index (χ4v) is 2.79. The molecular formula is C12H15ClN2. The van der Waals surface area contributed by atoms with Crippen LogP contribution in [0.2, 0.25) is 5.02 Å². The molecule has 3 heteroatoms. The highest BCUT2D eigenvalue weighted by Gasteiger charge is 2.44. The SMILES string of the molecule is Clc1ccc(N2CC3(CCNC3)C2)cc1. The highest BCUT2D eigenvalue weighted by Crippen LogP contribution is 2.38. The van der Waals surface area contributed by atoms with E-state index in [-0.39, 0.29) is 0 Å². The van der Waals surface area contributed by atoms with Crippen LogP contribution in [0.25, 0.3) is 0 Å². The van der Waals surface area contributed by atoms with Gasteiger partial charge in [0, 0.05) is 35.8 Å². The van der Waals surface area contributed by atoms with Gasteiger partial charge in [0.15, 0.2) is 0 Å². The monoisotopic (exact) mass is 222 g/mol. The summed E-state index contributed by atoms with van der Waals surface area (Å²) in [5, 5.41) is 4.26. The van der Waals surface area contributed by atoms with Crippen LogP contribution in [0.15, 0.2) is 24.3 Å². The standard InChI is InChI=1S/C12H15ClN2/c13-10-1-3-11(4-2-10)15-8-12(9-15)5-6-14-7-12/h1-4,14H,5-9H2. The molecule has 2 heterocycles. The van der Waals surface area contributed by atoms with Gasteiger partial charge in [-0.25, -0.2) is 0 Å². The zero-order valence-electron chi connectivity index (χ0n) is 8.67. The van der Waals surface area contributed by atoms with E-state index in [9.17, 15) is 0 Å². The first kappa shape index (κ1) is 9.49. The van der Waals surface area contributed by atoms with E-state index < -0.39 is 0 Å². The lowest BCUT2D eigenvalue weighted by molar-refractivity contribution is 0.243. The summed E-state index contributed by atoms with van der Waals surface area (Å²) in [5.41, 5.74) is 1.87. The minimum Gasteiger partial charge on any atom is -0.370 e. The molecule has 0 saturated carbocycles. The van der Waals surface area contributed by atoms with E-state index in [1.807, 2.05) is 12.1 Å². The summed E-state index contributed by atoms with van der Waals surface area (Å²) in [6.07, 6.45) is 1.33. The zero-order chi connectivity index (χ0) is 10.3. The van der Waals surface area contributed by atoms with Gasteiger partial charge >= 0.3 is 0 Å². The fraction of sp³-hybridized carbons (Fsp3) is 0.500. The van der Waals surface area contributed by atoms with Crippen molar-refractivity contribution in [1.29, 1.82) is 0 Å². The summed E-state index contributed by atoms with van der Waals surface area (Å²) in [6, 6.07) is 8.15. The molecule has 2 nitrogen and oxygen atoms in total. The lowest BCUT2D eigenvalue weighted by atomic mass is 9.79. The van der Waals surface area contributed by atoms with E-state index in [1.54, 1.807) is 0 Å². The Morgan fingerprint density at radius 3 is 2.53 bits per heavy atom. The largest absolute Gasteiger partial charge is 0.370 e. The normalized spacial score (nSPS) is 23.1. The Hall–Kier alpha value is -0.730. The molecule has 0 amide bonds. The van der Waals surface area contributed by atoms with Crippen molar-refractivity contribution < 1.29 is 0 Å². The van der Waals surface area contributed by atoms with Crippen LogP contribution >= 0.6 is 11.6 Å². The second-order valence-corrected chi connectivity index (χ2v) is 5.20. The minimum absolute atomic E-state index is 0.569. The highest BCUT2D eigenvalue weighted by molar-refractivity contribution is 6.30. The van der Waals surface area contributed by atoms with Crippen LogP contribution in [0.3, 0.4) is 0 Å². The summed E-state index contributed by atoms with van der Waals surface area (Å²) in [5.74, 6) is 0. The van der Waals surface area contributed by atoms with Gasteiger partial charge in [-0.1, -0.05) is 11.6 Å². The quantitative estimate of drug-likeness (QED) is 0.784. The van der Waals surface area contributed by atoms with Gasteiger partial charge in [0.2, 0.25) is 0 Å². The highest BCUT2D eigenvalue weighted by atomic mass is 35.5. The number of anilines is 1. The third-order valence-electron chi connectivity index (χ3n) is 3.58. The van der Waals surface area contributed by atoms with Crippen LogP contribution < -0.4 is 10.2 Å². The van der Waals surface area contributed by atoms with Crippen molar-refractivity contribution in [2.45, 2.75) is 6.42 Å². The van der Waals surface area contributed by atoms with Crippen molar-refractivity contribution >= 4 is 17.3 Å². The fourth-order valence-electron chi connectivity index (χ4n) is 2.66. The smallest absolute Gasteiger partial charge is 0.0407 e. The maximum Gasteiger partial charge on any atom is 0.0407 e. The van der Waals surface area contributed by atoms with Gasteiger partial charge in [0.1, 0.15) is 0 Å². The average Bonchev–Trinajstić information content (AvgIpc) is 2.66. The Labute approximate surface area is 95.2 Å². The summed E-state index contributed by atoms with van der Waals surface area (Å²) in [6.45, 7) is 4.77. The van der Waals surface area contributed by atoms with Crippen LogP contribution in [-0.2, 0) is 0 Å². The molecule has 0 aromatic heterocycles. The van der Waals surface area contributed by atoms with Crippen LogP contribution in [0, 0.1) is 5.41 Å². The molecule has 80 valence electrons. The maximum atomic E-state index is 5.87. The summed E-state index contributed by atoms with van der Waals surface area (Å²) < 4.78 is 0.